The lowest BCUT2D eigenvalue weighted by Crippen LogP contribution is -2.39. The van der Waals surface area contributed by atoms with E-state index in [1.165, 1.54) is 18.2 Å². The van der Waals surface area contributed by atoms with E-state index >= 15 is 0 Å². The topological polar surface area (TPSA) is 46.6 Å². The Labute approximate surface area is 106 Å². The molecule has 0 amide bonds. The number of halogens is 1. The minimum atomic E-state index is -3.40. The lowest BCUT2D eigenvalue weighted by atomic mass is 10.4. The van der Waals surface area contributed by atoms with Crippen molar-refractivity contribution in [3.8, 4) is 0 Å². The fraction of sp³-hybridized carbons (Fsp3) is 0.500. The molecule has 0 N–H and O–H groups in total. The molecule has 100 valence electrons. The third-order valence-corrected chi connectivity index (χ3v) is 4.63. The van der Waals surface area contributed by atoms with E-state index in [0.29, 0.717) is 19.8 Å². The summed E-state index contributed by atoms with van der Waals surface area (Å²) in [6.07, 6.45) is 0. The molecule has 1 heterocycles. The average molecular weight is 273 g/mol. The van der Waals surface area contributed by atoms with Gasteiger partial charge in [-0.2, -0.15) is 0 Å². The molecule has 1 saturated heterocycles. The predicted octanol–water partition coefficient (Wildman–Crippen LogP) is 0.932. The van der Waals surface area contributed by atoms with Crippen LogP contribution in [0, 0.1) is 5.82 Å². The summed E-state index contributed by atoms with van der Waals surface area (Å²) < 4.78 is 42.2. The third-order valence-electron chi connectivity index (χ3n) is 2.94. The summed E-state index contributed by atoms with van der Waals surface area (Å²) >= 11 is 0. The number of hydrogen-bond acceptors (Lipinski definition) is 4. The van der Waals surface area contributed by atoms with Crippen LogP contribution in [0.25, 0.3) is 0 Å². The molecule has 0 radical (unpaired) electrons. The Morgan fingerprint density at radius 2 is 2.00 bits per heavy atom. The van der Waals surface area contributed by atoms with E-state index in [4.69, 9.17) is 4.74 Å². The second-order valence-electron chi connectivity index (χ2n) is 4.23. The van der Waals surface area contributed by atoms with Gasteiger partial charge in [0, 0.05) is 19.6 Å². The smallest absolute Gasteiger partial charge is 0.179 e. The van der Waals surface area contributed by atoms with Gasteiger partial charge in [-0.1, -0.05) is 6.07 Å². The van der Waals surface area contributed by atoms with Crippen LogP contribution in [-0.2, 0) is 14.6 Å². The van der Waals surface area contributed by atoms with Crippen LogP contribution < -0.4 is 0 Å². The summed E-state index contributed by atoms with van der Waals surface area (Å²) in [6.45, 7) is 3.24. The van der Waals surface area contributed by atoms with E-state index < -0.39 is 15.7 Å². The van der Waals surface area contributed by atoms with Crippen LogP contribution in [0.3, 0.4) is 0 Å². The zero-order valence-corrected chi connectivity index (χ0v) is 10.8. The van der Waals surface area contributed by atoms with Gasteiger partial charge in [-0.15, -0.1) is 0 Å². The number of rotatable bonds is 4. The van der Waals surface area contributed by atoms with Crippen molar-refractivity contribution in [3.63, 3.8) is 0 Å². The van der Waals surface area contributed by atoms with Gasteiger partial charge in [0.25, 0.3) is 0 Å². The van der Waals surface area contributed by atoms with Crippen LogP contribution in [0.4, 0.5) is 4.39 Å². The summed E-state index contributed by atoms with van der Waals surface area (Å²) in [5.41, 5.74) is 0. The molecule has 1 aliphatic rings. The maximum atomic E-state index is 13.0. The van der Waals surface area contributed by atoms with Gasteiger partial charge >= 0.3 is 0 Å². The Hall–Kier alpha value is -0.980. The van der Waals surface area contributed by atoms with Crippen LogP contribution in [0.15, 0.2) is 29.2 Å². The molecular weight excluding hydrogens is 257 g/mol. The first-order valence-electron chi connectivity index (χ1n) is 5.86. The third kappa shape index (κ3) is 3.51. The number of hydrogen-bond donors (Lipinski definition) is 0. The normalized spacial score (nSPS) is 17.8. The van der Waals surface area contributed by atoms with Gasteiger partial charge in [-0.25, -0.2) is 12.8 Å². The van der Waals surface area contributed by atoms with Crippen LogP contribution in [0.1, 0.15) is 0 Å². The molecule has 4 nitrogen and oxygen atoms in total. The number of sulfone groups is 1. The molecule has 0 bridgehead atoms. The summed E-state index contributed by atoms with van der Waals surface area (Å²) in [7, 11) is -3.40. The second-order valence-corrected chi connectivity index (χ2v) is 6.34. The Balaban J connectivity index is 1.98. The fourth-order valence-electron chi connectivity index (χ4n) is 1.85. The molecule has 6 heteroatoms. The highest BCUT2D eigenvalue weighted by molar-refractivity contribution is 7.91. The van der Waals surface area contributed by atoms with Crippen molar-refractivity contribution >= 4 is 9.84 Å². The molecule has 1 aromatic carbocycles. The van der Waals surface area contributed by atoms with E-state index in [-0.39, 0.29) is 10.6 Å². The molecular formula is C12H16FNO3S. The number of nitrogens with zero attached hydrogens (tertiary/aromatic N) is 1. The van der Waals surface area contributed by atoms with Crippen molar-refractivity contribution in [2.75, 3.05) is 38.6 Å². The molecule has 0 aromatic heterocycles. The maximum Gasteiger partial charge on any atom is 0.179 e. The number of benzene rings is 1. The van der Waals surface area contributed by atoms with Crippen LogP contribution in [0.5, 0.6) is 0 Å². The van der Waals surface area contributed by atoms with E-state index in [1.54, 1.807) is 0 Å². The van der Waals surface area contributed by atoms with Gasteiger partial charge in [0.2, 0.25) is 0 Å². The van der Waals surface area contributed by atoms with Gasteiger partial charge in [-0.3, -0.25) is 4.90 Å². The van der Waals surface area contributed by atoms with Crippen molar-refractivity contribution < 1.29 is 17.5 Å². The van der Waals surface area contributed by atoms with Gasteiger partial charge in [0.05, 0.1) is 23.9 Å². The monoisotopic (exact) mass is 273 g/mol. The molecule has 1 aromatic rings. The highest BCUT2D eigenvalue weighted by atomic mass is 32.2. The molecule has 0 spiro atoms. The Kier molecular flexibility index (Phi) is 4.31. The molecule has 1 aliphatic heterocycles. The maximum absolute atomic E-state index is 13.0. The van der Waals surface area contributed by atoms with Crippen molar-refractivity contribution in [2.45, 2.75) is 4.90 Å². The number of ether oxygens (including phenoxy) is 1. The van der Waals surface area contributed by atoms with E-state index in [2.05, 4.69) is 0 Å². The minimum Gasteiger partial charge on any atom is -0.379 e. The summed E-state index contributed by atoms with van der Waals surface area (Å²) in [6, 6.07) is 5.14. The first-order chi connectivity index (χ1) is 8.58. The Morgan fingerprint density at radius 3 is 2.67 bits per heavy atom. The SMILES string of the molecule is O=S(=O)(CCN1CCOCC1)c1cccc(F)c1. The van der Waals surface area contributed by atoms with E-state index in [9.17, 15) is 12.8 Å². The molecule has 0 atom stereocenters. The van der Waals surface area contributed by atoms with Crippen LogP contribution >= 0.6 is 0 Å². The standard InChI is InChI=1S/C12H16FNO3S/c13-11-2-1-3-12(10-11)18(15,16)9-6-14-4-7-17-8-5-14/h1-3,10H,4-9H2. The Bertz CT molecular complexity index is 498. The quantitative estimate of drug-likeness (QED) is 0.819. The molecule has 0 aliphatic carbocycles. The van der Waals surface area contributed by atoms with E-state index in [0.717, 1.165) is 19.2 Å². The van der Waals surface area contributed by atoms with Crippen molar-refractivity contribution in [2.24, 2.45) is 0 Å². The zero-order valence-electron chi connectivity index (χ0n) is 10.0. The van der Waals surface area contributed by atoms with Crippen LogP contribution in [-0.4, -0.2) is 51.9 Å². The zero-order chi connectivity index (χ0) is 13.0. The lowest BCUT2D eigenvalue weighted by Gasteiger charge is -2.26. The molecule has 18 heavy (non-hydrogen) atoms. The Morgan fingerprint density at radius 1 is 1.28 bits per heavy atom. The highest BCUT2D eigenvalue weighted by Gasteiger charge is 2.18. The highest BCUT2D eigenvalue weighted by Crippen LogP contribution is 2.13. The fourth-order valence-corrected chi connectivity index (χ4v) is 3.16. The predicted molar refractivity (Wildman–Crippen MR) is 65.7 cm³/mol. The largest absolute Gasteiger partial charge is 0.379 e. The van der Waals surface area contributed by atoms with Gasteiger partial charge in [0.1, 0.15) is 5.82 Å². The van der Waals surface area contributed by atoms with Gasteiger partial charge in [0.15, 0.2) is 9.84 Å². The van der Waals surface area contributed by atoms with Crippen molar-refractivity contribution in [1.29, 1.82) is 0 Å². The van der Waals surface area contributed by atoms with Crippen LogP contribution in [0.2, 0.25) is 0 Å². The average Bonchev–Trinajstić information content (AvgIpc) is 2.38. The second kappa shape index (κ2) is 5.77. The molecule has 0 saturated carbocycles. The molecule has 2 rings (SSSR count). The first-order valence-corrected chi connectivity index (χ1v) is 7.51. The minimum absolute atomic E-state index is 0.0104. The van der Waals surface area contributed by atoms with E-state index in [1.807, 2.05) is 4.90 Å². The molecule has 1 fully saturated rings. The molecule has 0 unspecified atom stereocenters. The summed E-state index contributed by atoms with van der Waals surface area (Å²) in [4.78, 5) is 2.09. The first kappa shape index (κ1) is 13.5. The van der Waals surface area contributed by atoms with Crippen molar-refractivity contribution in [1.82, 2.24) is 4.90 Å². The summed E-state index contributed by atoms with van der Waals surface area (Å²) in [5, 5.41) is 0. The van der Waals surface area contributed by atoms with Gasteiger partial charge in [-0.05, 0) is 18.2 Å². The summed E-state index contributed by atoms with van der Waals surface area (Å²) in [5.74, 6) is -0.515. The number of morpholine rings is 1. The van der Waals surface area contributed by atoms with Crippen molar-refractivity contribution in [3.05, 3.63) is 30.1 Å². The van der Waals surface area contributed by atoms with Gasteiger partial charge < -0.3 is 4.74 Å². The lowest BCUT2D eigenvalue weighted by molar-refractivity contribution is 0.0408.